The Morgan fingerprint density at radius 1 is 1.45 bits per heavy atom. The number of carbonyl (C=O) groups is 2. The van der Waals surface area contributed by atoms with Gasteiger partial charge in [0.2, 0.25) is 0 Å². The summed E-state index contributed by atoms with van der Waals surface area (Å²) in [6.07, 6.45) is -1.42. The number of carboxylic acids is 1. The molecule has 0 rings (SSSR count). The molecule has 0 aliphatic carbocycles. The van der Waals surface area contributed by atoms with Crippen molar-refractivity contribution >= 4 is 21.5 Å². The highest BCUT2D eigenvalue weighted by atomic mass is 31.0. The summed E-state index contributed by atoms with van der Waals surface area (Å²) < 4.78 is 0.447. The van der Waals surface area contributed by atoms with Crippen molar-refractivity contribution in [2.24, 2.45) is 0 Å². The van der Waals surface area contributed by atoms with Crippen LogP contribution in [0.25, 0.3) is 0 Å². The average Bonchev–Trinajstić information content (AvgIpc) is 1.88. The van der Waals surface area contributed by atoms with E-state index in [1.807, 2.05) is 0 Å². The fourth-order valence-electron chi connectivity index (χ4n) is 0.418. The third kappa shape index (κ3) is 2.69. The van der Waals surface area contributed by atoms with E-state index in [0.29, 0.717) is 4.67 Å². The largest absolute Gasteiger partial charge is 0.480 e. The molecule has 0 aromatic carbocycles. The van der Waals surface area contributed by atoms with Crippen molar-refractivity contribution in [1.29, 1.82) is 0 Å². The number of aliphatic hydroxyl groups excluding tert-OH is 1. The normalized spacial score (nSPS) is 12.2. The lowest BCUT2D eigenvalue weighted by molar-refractivity contribution is -0.142. The van der Waals surface area contributed by atoms with Crippen LogP contribution in [0.15, 0.2) is 0 Å². The number of nitrogens with zero attached hydrogens (tertiary/aromatic N) is 1. The Hall–Kier alpha value is -0.870. The molecule has 0 bridgehead atoms. The van der Waals surface area contributed by atoms with E-state index in [4.69, 9.17) is 15.3 Å². The van der Waals surface area contributed by atoms with Crippen LogP contribution < -0.4 is 0 Å². The number of hydrogen-bond acceptors (Lipinski definition) is 3. The van der Waals surface area contributed by atoms with E-state index < -0.39 is 24.7 Å². The van der Waals surface area contributed by atoms with Gasteiger partial charge in [-0.1, -0.05) is 0 Å². The van der Waals surface area contributed by atoms with Crippen LogP contribution in [0.2, 0.25) is 0 Å². The first-order valence-corrected chi connectivity index (χ1v) is 3.13. The second kappa shape index (κ2) is 4.10. The molecule has 2 atom stereocenters. The Kier molecular flexibility index (Phi) is 3.78. The molecule has 6 nitrogen and oxygen atoms in total. The predicted octanol–water partition coefficient (Wildman–Crippen LogP) is -0.798. The topological polar surface area (TPSA) is 98.1 Å². The molecule has 7 heteroatoms. The summed E-state index contributed by atoms with van der Waals surface area (Å²) in [7, 11) is 1.69. The summed E-state index contributed by atoms with van der Waals surface area (Å²) in [6, 6.07) is -1.42. The van der Waals surface area contributed by atoms with Gasteiger partial charge in [0, 0.05) is 0 Å². The van der Waals surface area contributed by atoms with Crippen LogP contribution in [0.5, 0.6) is 0 Å². The Bertz CT molecular complexity index is 172. The summed E-state index contributed by atoms with van der Waals surface area (Å²) in [6.45, 7) is -0.745. The summed E-state index contributed by atoms with van der Waals surface area (Å²) in [5.74, 6) is -1.38. The van der Waals surface area contributed by atoms with Gasteiger partial charge in [0.1, 0.15) is 0 Å². The molecule has 0 saturated carbocycles. The quantitative estimate of drug-likeness (QED) is 0.495. The number of rotatable bonds is 3. The molecule has 11 heavy (non-hydrogen) atoms. The van der Waals surface area contributed by atoms with Crippen LogP contribution in [0.1, 0.15) is 0 Å². The summed E-state index contributed by atoms with van der Waals surface area (Å²) >= 11 is 0. The Morgan fingerprint density at radius 2 is 1.91 bits per heavy atom. The second-order valence-electron chi connectivity index (χ2n) is 1.73. The van der Waals surface area contributed by atoms with Gasteiger partial charge < -0.3 is 15.3 Å². The van der Waals surface area contributed by atoms with E-state index in [2.05, 4.69) is 0 Å². The van der Waals surface area contributed by atoms with E-state index in [1.54, 1.807) is 9.39 Å². The standard InChI is InChI=1S/C4H8NO5P/c6-1-2(3(7)8)5(11)4(9)10/h2,6H,1,11H2,(H,7,8)(H,9,10)/t2-/m0/s1. The summed E-state index contributed by atoms with van der Waals surface area (Å²) in [5.41, 5.74) is 0. The maximum absolute atomic E-state index is 10.2. The fourth-order valence-corrected chi connectivity index (χ4v) is 0.640. The molecule has 0 saturated heterocycles. The minimum Gasteiger partial charge on any atom is -0.480 e. The van der Waals surface area contributed by atoms with Gasteiger partial charge in [-0.25, -0.2) is 9.59 Å². The highest BCUT2D eigenvalue weighted by Gasteiger charge is 2.25. The molecular weight excluding hydrogens is 173 g/mol. The highest BCUT2D eigenvalue weighted by molar-refractivity contribution is 7.14. The summed E-state index contributed by atoms with van der Waals surface area (Å²) in [4.78, 5) is 20.3. The van der Waals surface area contributed by atoms with Crippen LogP contribution in [0, 0.1) is 0 Å². The van der Waals surface area contributed by atoms with Crippen LogP contribution in [0.3, 0.4) is 0 Å². The predicted molar refractivity (Wildman–Crippen MR) is 38.1 cm³/mol. The lowest BCUT2D eigenvalue weighted by Crippen LogP contribution is -2.40. The van der Waals surface area contributed by atoms with Crippen molar-refractivity contribution < 1.29 is 24.9 Å². The molecule has 0 spiro atoms. The van der Waals surface area contributed by atoms with Gasteiger partial charge in [-0.3, -0.25) is 4.67 Å². The molecule has 0 heterocycles. The number of hydrogen-bond donors (Lipinski definition) is 3. The second-order valence-corrected chi connectivity index (χ2v) is 2.28. The Labute approximate surface area is 64.7 Å². The zero-order valence-electron chi connectivity index (χ0n) is 5.47. The molecule has 3 N–H and O–H groups in total. The van der Waals surface area contributed by atoms with Crippen molar-refractivity contribution in [3.63, 3.8) is 0 Å². The monoisotopic (exact) mass is 181 g/mol. The van der Waals surface area contributed by atoms with Gasteiger partial charge in [0.25, 0.3) is 0 Å². The Morgan fingerprint density at radius 3 is 2.00 bits per heavy atom. The van der Waals surface area contributed by atoms with Crippen molar-refractivity contribution in [1.82, 2.24) is 4.67 Å². The van der Waals surface area contributed by atoms with Gasteiger partial charge in [0.15, 0.2) is 6.04 Å². The van der Waals surface area contributed by atoms with Crippen molar-refractivity contribution in [2.45, 2.75) is 6.04 Å². The number of aliphatic carboxylic acids is 1. The molecule has 1 unspecified atom stereocenters. The van der Waals surface area contributed by atoms with Crippen molar-refractivity contribution in [2.75, 3.05) is 6.61 Å². The minimum absolute atomic E-state index is 0.447. The third-order valence-corrected chi connectivity index (χ3v) is 1.60. The first-order chi connectivity index (χ1) is 5.00. The van der Waals surface area contributed by atoms with Gasteiger partial charge in [-0.05, 0) is 9.39 Å². The lowest BCUT2D eigenvalue weighted by atomic mass is 10.3. The number of amides is 1. The van der Waals surface area contributed by atoms with Gasteiger partial charge in [-0.15, -0.1) is 0 Å². The summed E-state index contributed by atoms with van der Waals surface area (Å²) in [5, 5.41) is 25.0. The van der Waals surface area contributed by atoms with E-state index in [-0.39, 0.29) is 0 Å². The first-order valence-electron chi connectivity index (χ1n) is 2.61. The molecule has 0 aliphatic rings. The molecule has 64 valence electrons. The molecule has 0 aromatic rings. The van der Waals surface area contributed by atoms with Gasteiger partial charge >= 0.3 is 12.1 Å². The highest BCUT2D eigenvalue weighted by Crippen LogP contribution is 2.06. The maximum Gasteiger partial charge on any atom is 0.411 e. The van der Waals surface area contributed by atoms with Crippen LogP contribution >= 0.6 is 9.39 Å². The minimum atomic E-state index is -1.42. The van der Waals surface area contributed by atoms with E-state index >= 15 is 0 Å². The molecule has 0 aromatic heterocycles. The molecule has 1 amide bonds. The molecule has 0 aliphatic heterocycles. The zero-order valence-corrected chi connectivity index (χ0v) is 6.62. The van der Waals surface area contributed by atoms with Crippen LogP contribution in [-0.2, 0) is 4.79 Å². The first kappa shape index (κ1) is 10.1. The maximum atomic E-state index is 10.2. The van der Waals surface area contributed by atoms with E-state index in [1.165, 1.54) is 0 Å². The van der Waals surface area contributed by atoms with Gasteiger partial charge in [0.05, 0.1) is 6.61 Å². The Balaban J connectivity index is 4.25. The number of carboxylic acid groups (broad SMARTS) is 2. The van der Waals surface area contributed by atoms with Gasteiger partial charge in [-0.2, -0.15) is 0 Å². The zero-order chi connectivity index (χ0) is 9.02. The van der Waals surface area contributed by atoms with Crippen molar-refractivity contribution in [3.8, 4) is 0 Å². The molecule has 0 fully saturated rings. The van der Waals surface area contributed by atoms with Crippen LogP contribution in [-0.4, -0.2) is 44.7 Å². The lowest BCUT2D eigenvalue weighted by Gasteiger charge is -2.18. The van der Waals surface area contributed by atoms with E-state index in [9.17, 15) is 9.59 Å². The van der Waals surface area contributed by atoms with E-state index in [0.717, 1.165) is 0 Å². The molecular formula is C4H8NO5P. The SMILES string of the molecule is O=C(O)[C@H](CO)N(P)C(=O)O. The van der Waals surface area contributed by atoms with Crippen molar-refractivity contribution in [3.05, 3.63) is 0 Å². The smallest absolute Gasteiger partial charge is 0.411 e. The molecule has 0 radical (unpaired) electrons. The van der Waals surface area contributed by atoms with Crippen LogP contribution in [0.4, 0.5) is 4.79 Å². The average molecular weight is 181 g/mol. The third-order valence-electron chi connectivity index (χ3n) is 1.01. The number of aliphatic hydroxyl groups is 1. The fraction of sp³-hybridized carbons (Fsp3) is 0.500.